The molecular weight excluding hydrogens is 420 g/mol. The Labute approximate surface area is 189 Å². The highest BCUT2D eigenvalue weighted by Gasteiger charge is 2.22. The van der Waals surface area contributed by atoms with E-state index in [2.05, 4.69) is 25.5 Å². The number of rotatable bonds is 5. The van der Waals surface area contributed by atoms with Gasteiger partial charge in [0.05, 0.1) is 18.8 Å². The molecule has 5 rings (SSSR count). The Balaban J connectivity index is 1.45. The summed E-state index contributed by atoms with van der Waals surface area (Å²) in [5, 5.41) is 11.3. The van der Waals surface area contributed by atoms with Gasteiger partial charge in [-0.05, 0) is 35.9 Å². The Hall–Kier alpha value is -4.27. The SMILES string of the molecule is COC(=O)CN1CCC(=O)Cc2ccc(-c3nccc(Nc4ccc5[nH]ncc5c4)n3)cc21. The molecule has 0 bridgehead atoms. The lowest BCUT2D eigenvalue weighted by Crippen LogP contribution is -2.31. The highest BCUT2D eigenvalue weighted by molar-refractivity contribution is 5.87. The molecule has 1 aliphatic heterocycles. The third-order valence-electron chi connectivity index (χ3n) is 5.65. The van der Waals surface area contributed by atoms with E-state index in [0.717, 1.165) is 33.4 Å². The molecule has 2 aromatic carbocycles. The van der Waals surface area contributed by atoms with E-state index in [4.69, 9.17) is 4.74 Å². The van der Waals surface area contributed by atoms with Crippen molar-refractivity contribution in [2.24, 2.45) is 0 Å². The Kier molecular flexibility index (Phi) is 5.43. The minimum atomic E-state index is -0.349. The fraction of sp³-hybridized carbons (Fsp3) is 0.208. The van der Waals surface area contributed by atoms with Crippen molar-refractivity contribution < 1.29 is 14.3 Å². The summed E-state index contributed by atoms with van der Waals surface area (Å²) in [6.07, 6.45) is 4.19. The summed E-state index contributed by atoms with van der Waals surface area (Å²) in [6, 6.07) is 13.5. The van der Waals surface area contributed by atoms with E-state index in [-0.39, 0.29) is 18.3 Å². The van der Waals surface area contributed by atoms with E-state index >= 15 is 0 Å². The number of hydrogen-bond acceptors (Lipinski definition) is 8. The Morgan fingerprint density at radius 1 is 1.21 bits per heavy atom. The van der Waals surface area contributed by atoms with Gasteiger partial charge in [-0.1, -0.05) is 12.1 Å². The van der Waals surface area contributed by atoms with Gasteiger partial charge in [0.1, 0.15) is 18.1 Å². The van der Waals surface area contributed by atoms with Crippen molar-refractivity contribution >= 4 is 39.8 Å². The first-order valence-electron chi connectivity index (χ1n) is 10.6. The Bertz CT molecular complexity index is 1350. The van der Waals surface area contributed by atoms with Gasteiger partial charge in [0.2, 0.25) is 0 Å². The number of aromatic nitrogens is 4. The van der Waals surface area contributed by atoms with Gasteiger partial charge in [0.15, 0.2) is 5.82 Å². The number of aromatic amines is 1. The predicted octanol–water partition coefficient (Wildman–Crippen LogP) is 3.26. The van der Waals surface area contributed by atoms with Crippen molar-refractivity contribution in [1.82, 2.24) is 20.2 Å². The maximum atomic E-state index is 12.2. The number of methoxy groups -OCH3 is 1. The zero-order valence-corrected chi connectivity index (χ0v) is 18.0. The quantitative estimate of drug-likeness (QED) is 0.453. The molecule has 2 aromatic heterocycles. The van der Waals surface area contributed by atoms with Crippen LogP contribution in [-0.4, -0.2) is 52.1 Å². The largest absolute Gasteiger partial charge is 0.468 e. The summed E-state index contributed by atoms with van der Waals surface area (Å²) in [5.41, 5.74) is 4.36. The summed E-state index contributed by atoms with van der Waals surface area (Å²) in [7, 11) is 1.36. The van der Waals surface area contributed by atoms with Crippen molar-refractivity contribution in [2.45, 2.75) is 12.8 Å². The average molecular weight is 442 g/mol. The van der Waals surface area contributed by atoms with E-state index in [1.54, 1.807) is 18.5 Å². The van der Waals surface area contributed by atoms with E-state index in [1.807, 2.05) is 41.3 Å². The number of carbonyl (C=O) groups excluding carboxylic acids is 2. The van der Waals surface area contributed by atoms with E-state index in [0.29, 0.717) is 31.0 Å². The van der Waals surface area contributed by atoms with E-state index in [9.17, 15) is 9.59 Å². The Morgan fingerprint density at radius 2 is 2.12 bits per heavy atom. The number of nitrogens with one attached hydrogen (secondary N) is 2. The Morgan fingerprint density at radius 3 is 3.00 bits per heavy atom. The van der Waals surface area contributed by atoms with Gasteiger partial charge >= 0.3 is 5.97 Å². The van der Waals surface area contributed by atoms with Crippen LogP contribution in [-0.2, 0) is 20.7 Å². The number of H-pyrrole nitrogens is 1. The first-order chi connectivity index (χ1) is 16.1. The monoisotopic (exact) mass is 442 g/mol. The molecule has 0 spiro atoms. The number of nitrogens with zero attached hydrogens (tertiary/aromatic N) is 4. The van der Waals surface area contributed by atoms with Crippen LogP contribution in [0.3, 0.4) is 0 Å². The molecule has 0 saturated heterocycles. The second-order valence-electron chi connectivity index (χ2n) is 7.87. The molecule has 3 heterocycles. The van der Waals surface area contributed by atoms with Crippen molar-refractivity contribution in [3.05, 3.63) is 60.4 Å². The lowest BCUT2D eigenvalue weighted by atomic mass is 10.0. The fourth-order valence-electron chi connectivity index (χ4n) is 3.95. The molecule has 0 saturated carbocycles. The maximum absolute atomic E-state index is 12.2. The third-order valence-corrected chi connectivity index (χ3v) is 5.65. The first kappa shape index (κ1) is 20.6. The minimum Gasteiger partial charge on any atom is -0.468 e. The van der Waals surface area contributed by atoms with Crippen LogP contribution < -0.4 is 10.2 Å². The van der Waals surface area contributed by atoms with Crippen LogP contribution in [0.5, 0.6) is 0 Å². The molecule has 0 amide bonds. The fourth-order valence-corrected chi connectivity index (χ4v) is 3.95. The summed E-state index contributed by atoms with van der Waals surface area (Å²) in [4.78, 5) is 35.1. The molecule has 4 aromatic rings. The van der Waals surface area contributed by atoms with Gasteiger partial charge in [-0.25, -0.2) is 9.97 Å². The van der Waals surface area contributed by atoms with Crippen LogP contribution in [0.2, 0.25) is 0 Å². The zero-order valence-electron chi connectivity index (χ0n) is 18.0. The summed E-state index contributed by atoms with van der Waals surface area (Å²) >= 11 is 0. The topological polar surface area (TPSA) is 113 Å². The molecule has 33 heavy (non-hydrogen) atoms. The number of Topliss-reactive ketones (excluding diaryl/α,β-unsaturated/α-hetero) is 1. The van der Waals surface area contributed by atoms with Crippen LogP contribution in [0.15, 0.2) is 54.9 Å². The summed E-state index contributed by atoms with van der Waals surface area (Å²) in [5.74, 6) is 0.992. The minimum absolute atomic E-state index is 0.0825. The second kappa shape index (κ2) is 8.70. The van der Waals surface area contributed by atoms with Crippen molar-refractivity contribution in [3.63, 3.8) is 0 Å². The smallest absolute Gasteiger partial charge is 0.325 e. The van der Waals surface area contributed by atoms with Crippen LogP contribution in [0.4, 0.5) is 17.2 Å². The second-order valence-corrected chi connectivity index (χ2v) is 7.87. The predicted molar refractivity (Wildman–Crippen MR) is 124 cm³/mol. The molecule has 166 valence electrons. The zero-order chi connectivity index (χ0) is 22.8. The molecule has 9 nitrogen and oxygen atoms in total. The molecule has 2 N–H and O–H groups in total. The third kappa shape index (κ3) is 4.38. The van der Waals surface area contributed by atoms with Crippen LogP contribution in [0, 0.1) is 0 Å². The van der Waals surface area contributed by atoms with Crippen molar-refractivity contribution in [3.8, 4) is 11.4 Å². The number of esters is 1. The van der Waals surface area contributed by atoms with E-state index < -0.39 is 0 Å². The van der Waals surface area contributed by atoms with Gasteiger partial charge in [0.25, 0.3) is 0 Å². The average Bonchev–Trinajstić information content (AvgIpc) is 3.24. The summed E-state index contributed by atoms with van der Waals surface area (Å²) in [6.45, 7) is 0.544. The van der Waals surface area contributed by atoms with Gasteiger partial charge in [0, 0.05) is 47.9 Å². The number of ketones is 1. The van der Waals surface area contributed by atoms with Crippen LogP contribution in [0.25, 0.3) is 22.3 Å². The normalized spacial score (nSPS) is 13.5. The molecule has 0 radical (unpaired) electrons. The van der Waals surface area contributed by atoms with Gasteiger partial charge in [-0.2, -0.15) is 5.10 Å². The lowest BCUT2D eigenvalue weighted by molar-refractivity contribution is -0.139. The summed E-state index contributed by atoms with van der Waals surface area (Å²) < 4.78 is 4.84. The van der Waals surface area contributed by atoms with Gasteiger partial charge < -0.3 is 15.0 Å². The number of benzene rings is 2. The molecule has 0 fully saturated rings. The van der Waals surface area contributed by atoms with Crippen molar-refractivity contribution in [2.75, 3.05) is 30.4 Å². The molecule has 0 unspecified atom stereocenters. The molecular formula is C24H22N6O3. The molecule has 0 aliphatic carbocycles. The number of carbonyl (C=O) groups is 2. The van der Waals surface area contributed by atoms with Crippen LogP contribution in [0.1, 0.15) is 12.0 Å². The standard InChI is InChI=1S/C24H22N6O3/c1-33-23(32)14-30-9-7-19(31)11-15-2-3-16(12-21(15)30)24-25-8-6-22(28-24)27-18-4-5-20-17(10-18)13-26-29-20/h2-6,8,10,12-13H,7,9,11,14H2,1H3,(H,26,29)(H,25,27,28). The number of anilines is 3. The number of fused-ring (bicyclic) bond motifs is 2. The van der Waals surface area contributed by atoms with Crippen LogP contribution >= 0.6 is 0 Å². The lowest BCUT2D eigenvalue weighted by Gasteiger charge is -2.23. The molecule has 1 aliphatic rings. The first-order valence-corrected chi connectivity index (χ1v) is 10.6. The highest BCUT2D eigenvalue weighted by atomic mass is 16.5. The van der Waals surface area contributed by atoms with Gasteiger partial charge in [-0.3, -0.25) is 14.7 Å². The number of hydrogen-bond donors (Lipinski definition) is 2. The van der Waals surface area contributed by atoms with E-state index in [1.165, 1.54) is 7.11 Å². The van der Waals surface area contributed by atoms with Gasteiger partial charge in [-0.15, -0.1) is 0 Å². The molecule has 9 heteroatoms. The van der Waals surface area contributed by atoms with Crippen molar-refractivity contribution in [1.29, 1.82) is 0 Å². The maximum Gasteiger partial charge on any atom is 0.325 e. The highest BCUT2D eigenvalue weighted by Crippen LogP contribution is 2.30. The number of ether oxygens (including phenoxy) is 1. The molecule has 0 atom stereocenters.